The van der Waals surface area contributed by atoms with Gasteiger partial charge in [0, 0.05) is 11.6 Å². The van der Waals surface area contributed by atoms with Crippen LogP contribution in [-0.4, -0.2) is 109 Å². The van der Waals surface area contributed by atoms with Crippen LogP contribution in [0.1, 0.15) is 26.8 Å². The summed E-state index contributed by atoms with van der Waals surface area (Å²) < 4.78 is 0. The first-order valence-corrected chi connectivity index (χ1v) is 7.22. The van der Waals surface area contributed by atoms with Crippen molar-refractivity contribution in [3.8, 4) is 0 Å². The van der Waals surface area contributed by atoms with Gasteiger partial charge in [0.1, 0.15) is 0 Å². The van der Waals surface area contributed by atoms with Crippen molar-refractivity contribution in [1.29, 1.82) is 0 Å². The first kappa shape index (κ1) is 23.8. The largest absolute Gasteiger partial charge is 2.00 e. The number of ketones is 2. The molecule has 0 unspecified atom stereocenters. The topological polar surface area (TPSA) is 34.1 Å². The standard InChI is InChI=1S/C19H19O2.2Ba.2H/c20-18(13-11-16-7-3-1-4-8-16)15-19(21)14-12-17-9-5-2-6-10-17;;;;/h1-10,15H,11-14H2;;;;/q-1;2*+2;2*-1. The van der Waals surface area contributed by atoms with Gasteiger partial charge in [0.15, 0.2) is 0 Å². The minimum absolute atomic E-state index is 0. The van der Waals surface area contributed by atoms with Crippen LogP contribution >= 0.6 is 0 Å². The number of hydrogen-bond acceptors (Lipinski definition) is 2. The summed E-state index contributed by atoms with van der Waals surface area (Å²) in [6, 6.07) is 19.7. The van der Waals surface area contributed by atoms with E-state index in [4.69, 9.17) is 0 Å². The molecule has 0 N–H and O–H groups in total. The van der Waals surface area contributed by atoms with Crippen molar-refractivity contribution in [2.75, 3.05) is 0 Å². The SMILES string of the molecule is O=C([CH-]C(=O)CCc1ccccc1)CCc1ccccc1.[Ba+2].[Ba+2].[H-].[H-]. The second-order valence-electron chi connectivity index (χ2n) is 5.05. The van der Waals surface area contributed by atoms with E-state index in [1.54, 1.807) is 0 Å². The molecule has 23 heavy (non-hydrogen) atoms. The molecule has 2 rings (SSSR count). The second-order valence-corrected chi connectivity index (χ2v) is 5.05. The van der Waals surface area contributed by atoms with Gasteiger partial charge in [-0.25, -0.2) is 0 Å². The van der Waals surface area contributed by atoms with Crippen molar-refractivity contribution >= 4 is 109 Å². The summed E-state index contributed by atoms with van der Waals surface area (Å²) in [4.78, 5) is 23.5. The van der Waals surface area contributed by atoms with Crippen LogP contribution in [0.15, 0.2) is 60.7 Å². The Bertz CT molecular complexity index is 539. The maximum absolute atomic E-state index is 11.8. The van der Waals surface area contributed by atoms with Crippen molar-refractivity contribution in [2.24, 2.45) is 0 Å². The Labute approximate surface area is 221 Å². The monoisotopic (exact) mass is 557 g/mol. The smallest absolute Gasteiger partial charge is 1.00 e. The molecule has 2 aromatic rings. The van der Waals surface area contributed by atoms with Crippen LogP contribution < -0.4 is 0 Å². The molecule has 0 amide bonds. The molecule has 0 radical (unpaired) electrons. The van der Waals surface area contributed by atoms with Gasteiger partial charge in [0.2, 0.25) is 0 Å². The van der Waals surface area contributed by atoms with Crippen molar-refractivity contribution < 1.29 is 12.4 Å². The number of hydrogen-bond donors (Lipinski definition) is 0. The summed E-state index contributed by atoms with van der Waals surface area (Å²) in [5.74, 6) is -0.172. The molecule has 0 aromatic heterocycles. The summed E-state index contributed by atoms with van der Waals surface area (Å²) in [5.41, 5.74) is 2.24. The Morgan fingerprint density at radius 2 is 1.04 bits per heavy atom. The normalized spacial score (nSPS) is 9.22. The van der Waals surface area contributed by atoms with E-state index in [0.29, 0.717) is 25.7 Å². The average Bonchev–Trinajstić information content (AvgIpc) is 2.53. The Morgan fingerprint density at radius 1 is 0.696 bits per heavy atom. The number of Topliss-reactive ketones (excluding diaryl/α,β-unsaturated/α-hetero) is 2. The zero-order chi connectivity index (χ0) is 14.9. The molecule has 4 heteroatoms. The molecule has 0 fully saturated rings. The molecule has 112 valence electrons. The molecule has 2 nitrogen and oxygen atoms in total. The van der Waals surface area contributed by atoms with Gasteiger partial charge in [0.05, 0.1) is 0 Å². The minimum atomic E-state index is -0.0862. The molecule has 0 bridgehead atoms. The molecule has 0 saturated carbocycles. The van der Waals surface area contributed by atoms with Gasteiger partial charge in [-0.1, -0.05) is 60.7 Å². The summed E-state index contributed by atoms with van der Waals surface area (Å²) >= 11 is 0. The van der Waals surface area contributed by atoms with E-state index in [1.165, 1.54) is 6.42 Å². The van der Waals surface area contributed by atoms with E-state index in [9.17, 15) is 9.59 Å². The number of rotatable bonds is 8. The van der Waals surface area contributed by atoms with Crippen LogP contribution in [-0.2, 0) is 22.4 Å². The van der Waals surface area contributed by atoms with Gasteiger partial charge in [0.25, 0.3) is 0 Å². The second kappa shape index (κ2) is 14.0. The summed E-state index contributed by atoms with van der Waals surface area (Å²) in [7, 11) is 0. The average molecular weight is 556 g/mol. The molecular formula is C19H21Ba2O2+. The predicted octanol–water partition coefficient (Wildman–Crippen LogP) is 3.06. The number of benzene rings is 2. The van der Waals surface area contributed by atoms with Crippen LogP contribution in [0, 0.1) is 6.42 Å². The third-order valence-electron chi connectivity index (χ3n) is 3.33. The molecular weight excluding hydrogens is 535 g/mol. The van der Waals surface area contributed by atoms with Crippen LogP contribution in [0.2, 0.25) is 0 Å². The Morgan fingerprint density at radius 3 is 1.39 bits per heavy atom. The van der Waals surface area contributed by atoms with Crippen LogP contribution in [0.3, 0.4) is 0 Å². The van der Waals surface area contributed by atoms with Gasteiger partial charge in [-0.2, -0.15) is 0 Å². The fraction of sp³-hybridized carbons (Fsp3) is 0.211. The van der Waals surface area contributed by atoms with Crippen molar-refractivity contribution in [3.63, 3.8) is 0 Å². The summed E-state index contributed by atoms with van der Waals surface area (Å²) in [6.45, 7) is 0. The summed E-state index contributed by atoms with van der Waals surface area (Å²) in [6.07, 6.45) is 3.40. The first-order valence-electron chi connectivity index (χ1n) is 7.22. The molecule has 2 aromatic carbocycles. The van der Waals surface area contributed by atoms with Gasteiger partial charge in [-0.3, -0.25) is 6.42 Å². The van der Waals surface area contributed by atoms with Crippen molar-refractivity contribution in [1.82, 2.24) is 0 Å². The zero-order valence-electron chi connectivity index (χ0n) is 15.4. The van der Waals surface area contributed by atoms with E-state index in [1.807, 2.05) is 60.7 Å². The van der Waals surface area contributed by atoms with E-state index < -0.39 is 0 Å². The van der Waals surface area contributed by atoms with Crippen LogP contribution in [0.4, 0.5) is 0 Å². The first-order chi connectivity index (χ1) is 10.2. The Kier molecular flexibility index (Phi) is 14.5. The van der Waals surface area contributed by atoms with E-state index >= 15 is 0 Å². The van der Waals surface area contributed by atoms with Crippen molar-refractivity contribution in [2.45, 2.75) is 25.7 Å². The van der Waals surface area contributed by atoms with Crippen molar-refractivity contribution in [3.05, 3.63) is 78.2 Å². The fourth-order valence-corrected chi connectivity index (χ4v) is 2.15. The molecule has 0 heterocycles. The maximum Gasteiger partial charge on any atom is 2.00 e. The minimum Gasteiger partial charge on any atom is -1.00 e. The third kappa shape index (κ3) is 10.4. The molecule has 0 spiro atoms. The van der Waals surface area contributed by atoms with Crippen LogP contribution in [0.5, 0.6) is 0 Å². The third-order valence-corrected chi connectivity index (χ3v) is 3.33. The number of carbonyl (C=O) groups excluding carboxylic acids is 2. The molecule has 0 saturated heterocycles. The predicted molar refractivity (Wildman–Crippen MR) is 97.6 cm³/mol. The molecule has 0 atom stereocenters. The molecule has 0 aliphatic rings. The Balaban J connectivity index is -0.00000121. The number of aryl methyl sites for hydroxylation is 2. The van der Waals surface area contributed by atoms with E-state index in [-0.39, 0.29) is 112 Å². The van der Waals surface area contributed by atoms with Gasteiger partial charge < -0.3 is 12.4 Å². The van der Waals surface area contributed by atoms with Crippen LogP contribution in [0.25, 0.3) is 0 Å². The molecule has 0 aliphatic heterocycles. The van der Waals surface area contributed by atoms with E-state index in [2.05, 4.69) is 0 Å². The summed E-state index contributed by atoms with van der Waals surface area (Å²) in [5, 5.41) is 0. The number of carbonyl (C=O) groups is 2. The maximum atomic E-state index is 11.8. The van der Waals surface area contributed by atoms with Gasteiger partial charge >= 0.3 is 97.8 Å². The fourth-order valence-electron chi connectivity index (χ4n) is 2.15. The Hall–Kier alpha value is 0.793. The quantitative estimate of drug-likeness (QED) is 0.285. The van der Waals surface area contributed by atoms with E-state index in [0.717, 1.165) is 11.1 Å². The van der Waals surface area contributed by atoms with Gasteiger partial charge in [-0.05, 0) is 36.8 Å². The van der Waals surface area contributed by atoms with Gasteiger partial charge in [-0.15, -0.1) is 0 Å². The zero-order valence-corrected chi connectivity index (χ0v) is 22.3. The molecule has 0 aliphatic carbocycles.